The lowest BCUT2D eigenvalue weighted by atomic mass is 10.1. The van der Waals surface area contributed by atoms with Gasteiger partial charge < -0.3 is 4.57 Å². The normalized spacial score (nSPS) is 10.5. The van der Waals surface area contributed by atoms with Gasteiger partial charge in [-0.05, 0) is 17.5 Å². The number of halogens is 1. The maximum Gasteiger partial charge on any atom is 0.288 e. The quantitative estimate of drug-likeness (QED) is 0.837. The molecule has 1 aromatic heterocycles. The minimum Gasteiger partial charge on any atom is -0.307 e. The van der Waals surface area contributed by atoms with Gasteiger partial charge in [0.15, 0.2) is 5.15 Å². The van der Waals surface area contributed by atoms with Crippen molar-refractivity contribution in [1.82, 2.24) is 9.55 Å². The SMILES string of the molecule is CCc1ccc(Cn2ccnc(Cl)c2=O)cc1. The summed E-state index contributed by atoms with van der Waals surface area (Å²) in [5.74, 6) is 0. The first-order valence-corrected chi connectivity index (χ1v) is 5.87. The third kappa shape index (κ3) is 2.74. The average molecular weight is 249 g/mol. The Balaban J connectivity index is 2.25. The summed E-state index contributed by atoms with van der Waals surface area (Å²) in [4.78, 5) is 15.4. The average Bonchev–Trinajstić information content (AvgIpc) is 2.36. The second-order valence-electron chi connectivity index (χ2n) is 3.82. The number of aryl methyl sites for hydroxylation is 1. The number of benzene rings is 1. The van der Waals surface area contributed by atoms with Crippen LogP contribution in [0.15, 0.2) is 41.5 Å². The minimum atomic E-state index is -0.256. The van der Waals surface area contributed by atoms with Gasteiger partial charge in [0.1, 0.15) is 0 Å². The summed E-state index contributed by atoms with van der Waals surface area (Å²) in [5, 5.41) is 0.0117. The van der Waals surface area contributed by atoms with Crippen LogP contribution in [0.25, 0.3) is 0 Å². The van der Waals surface area contributed by atoms with Crippen molar-refractivity contribution in [3.8, 4) is 0 Å². The molecular formula is C13H13ClN2O. The molecule has 0 saturated carbocycles. The maximum absolute atomic E-state index is 11.7. The number of rotatable bonds is 3. The fourth-order valence-electron chi connectivity index (χ4n) is 1.62. The van der Waals surface area contributed by atoms with E-state index in [1.807, 2.05) is 12.1 Å². The molecule has 0 fully saturated rings. The van der Waals surface area contributed by atoms with E-state index in [4.69, 9.17) is 11.6 Å². The molecule has 0 aliphatic heterocycles. The maximum atomic E-state index is 11.7. The van der Waals surface area contributed by atoms with Crippen LogP contribution in [0.3, 0.4) is 0 Å². The van der Waals surface area contributed by atoms with E-state index in [1.165, 1.54) is 11.8 Å². The van der Waals surface area contributed by atoms with Crippen LogP contribution in [-0.4, -0.2) is 9.55 Å². The highest BCUT2D eigenvalue weighted by molar-refractivity contribution is 6.29. The van der Waals surface area contributed by atoms with E-state index >= 15 is 0 Å². The lowest BCUT2D eigenvalue weighted by Crippen LogP contribution is -2.21. The van der Waals surface area contributed by atoms with Crippen molar-refractivity contribution in [2.24, 2.45) is 0 Å². The Kier molecular flexibility index (Phi) is 3.59. The molecule has 2 aromatic rings. The summed E-state index contributed by atoms with van der Waals surface area (Å²) < 4.78 is 1.55. The van der Waals surface area contributed by atoms with Gasteiger partial charge in [-0.3, -0.25) is 4.79 Å². The summed E-state index contributed by atoms with van der Waals surface area (Å²) in [6.45, 7) is 2.63. The van der Waals surface area contributed by atoms with Crippen molar-refractivity contribution in [2.45, 2.75) is 19.9 Å². The molecule has 0 radical (unpaired) electrons. The predicted octanol–water partition coefficient (Wildman–Crippen LogP) is 2.51. The molecular weight excluding hydrogens is 236 g/mol. The van der Waals surface area contributed by atoms with Crippen LogP contribution in [0.1, 0.15) is 18.1 Å². The van der Waals surface area contributed by atoms with Crippen molar-refractivity contribution < 1.29 is 0 Å². The molecule has 0 aliphatic rings. The summed E-state index contributed by atoms with van der Waals surface area (Å²) >= 11 is 5.68. The topological polar surface area (TPSA) is 34.9 Å². The zero-order valence-corrected chi connectivity index (χ0v) is 10.3. The Labute approximate surface area is 105 Å². The molecule has 1 heterocycles. The Morgan fingerprint density at radius 3 is 2.53 bits per heavy atom. The fraction of sp³-hybridized carbons (Fsp3) is 0.231. The summed E-state index contributed by atoms with van der Waals surface area (Å²) in [6.07, 6.45) is 4.19. The molecule has 0 amide bonds. The fourth-order valence-corrected chi connectivity index (χ4v) is 1.79. The van der Waals surface area contributed by atoms with E-state index in [0.717, 1.165) is 12.0 Å². The first-order valence-electron chi connectivity index (χ1n) is 5.49. The molecule has 1 aromatic carbocycles. The predicted molar refractivity (Wildman–Crippen MR) is 68.4 cm³/mol. The van der Waals surface area contributed by atoms with Crippen LogP contribution in [0.4, 0.5) is 0 Å². The summed E-state index contributed by atoms with van der Waals surface area (Å²) in [5.41, 5.74) is 2.11. The van der Waals surface area contributed by atoms with Crippen LogP contribution < -0.4 is 5.56 Å². The third-order valence-corrected chi connectivity index (χ3v) is 2.92. The molecule has 0 spiro atoms. The molecule has 0 atom stereocenters. The Hall–Kier alpha value is -1.61. The standard InChI is InChI=1S/C13H13ClN2O/c1-2-10-3-5-11(6-4-10)9-16-8-7-15-12(14)13(16)17/h3-8H,2,9H2,1H3. The van der Waals surface area contributed by atoms with Crippen molar-refractivity contribution in [3.63, 3.8) is 0 Å². The summed E-state index contributed by atoms with van der Waals surface area (Å²) in [7, 11) is 0. The van der Waals surface area contributed by atoms with Crippen molar-refractivity contribution in [1.29, 1.82) is 0 Å². The smallest absolute Gasteiger partial charge is 0.288 e. The Morgan fingerprint density at radius 1 is 1.24 bits per heavy atom. The molecule has 17 heavy (non-hydrogen) atoms. The van der Waals surface area contributed by atoms with Gasteiger partial charge in [0, 0.05) is 12.4 Å². The highest BCUT2D eigenvalue weighted by Crippen LogP contribution is 2.06. The van der Waals surface area contributed by atoms with E-state index < -0.39 is 0 Å². The first kappa shape index (κ1) is 11.9. The highest BCUT2D eigenvalue weighted by Gasteiger charge is 2.02. The first-order chi connectivity index (χ1) is 8.20. The lowest BCUT2D eigenvalue weighted by molar-refractivity contribution is 0.748. The van der Waals surface area contributed by atoms with Crippen LogP contribution >= 0.6 is 11.6 Å². The molecule has 0 aliphatic carbocycles. The molecule has 3 nitrogen and oxygen atoms in total. The van der Waals surface area contributed by atoms with Gasteiger partial charge in [0.2, 0.25) is 0 Å². The second kappa shape index (κ2) is 5.15. The monoisotopic (exact) mass is 248 g/mol. The minimum absolute atomic E-state index is 0.0117. The van der Waals surface area contributed by atoms with Gasteiger partial charge in [-0.1, -0.05) is 42.8 Å². The molecule has 0 unspecified atom stereocenters. The van der Waals surface area contributed by atoms with Crippen molar-refractivity contribution in [3.05, 3.63) is 63.3 Å². The van der Waals surface area contributed by atoms with Crippen LogP contribution in [-0.2, 0) is 13.0 Å². The molecule has 0 bridgehead atoms. The van der Waals surface area contributed by atoms with Crippen molar-refractivity contribution in [2.75, 3.05) is 0 Å². The van der Waals surface area contributed by atoms with Gasteiger partial charge in [-0.25, -0.2) is 4.98 Å². The Morgan fingerprint density at radius 2 is 1.88 bits per heavy atom. The zero-order chi connectivity index (χ0) is 12.3. The second-order valence-corrected chi connectivity index (χ2v) is 4.18. The van der Waals surface area contributed by atoms with Gasteiger partial charge in [-0.15, -0.1) is 0 Å². The van der Waals surface area contributed by atoms with E-state index in [9.17, 15) is 4.79 Å². The van der Waals surface area contributed by atoms with Gasteiger partial charge in [-0.2, -0.15) is 0 Å². The van der Waals surface area contributed by atoms with E-state index in [2.05, 4.69) is 24.0 Å². The van der Waals surface area contributed by atoms with Gasteiger partial charge >= 0.3 is 0 Å². The number of hydrogen-bond acceptors (Lipinski definition) is 2. The number of aromatic nitrogens is 2. The molecule has 4 heteroatoms. The Bertz CT molecular complexity index is 560. The van der Waals surface area contributed by atoms with Gasteiger partial charge in [0.05, 0.1) is 6.54 Å². The number of nitrogens with zero attached hydrogens (tertiary/aromatic N) is 2. The molecule has 88 valence electrons. The highest BCUT2D eigenvalue weighted by atomic mass is 35.5. The van der Waals surface area contributed by atoms with E-state index in [1.54, 1.807) is 10.8 Å². The van der Waals surface area contributed by atoms with Crippen molar-refractivity contribution >= 4 is 11.6 Å². The number of hydrogen-bond donors (Lipinski definition) is 0. The van der Waals surface area contributed by atoms with E-state index in [0.29, 0.717) is 6.54 Å². The van der Waals surface area contributed by atoms with Crippen LogP contribution in [0.2, 0.25) is 5.15 Å². The van der Waals surface area contributed by atoms with Crippen LogP contribution in [0.5, 0.6) is 0 Å². The third-order valence-electron chi connectivity index (χ3n) is 2.66. The molecule has 0 N–H and O–H groups in total. The molecule has 2 rings (SSSR count). The van der Waals surface area contributed by atoms with Crippen LogP contribution in [0, 0.1) is 0 Å². The lowest BCUT2D eigenvalue weighted by Gasteiger charge is -2.06. The summed E-state index contributed by atoms with van der Waals surface area (Å²) in [6, 6.07) is 8.20. The van der Waals surface area contributed by atoms with E-state index in [-0.39, 0.29) is 10.7 Å². The van der Waals surface area contributed by atoms with Gasteiger partial charge in [0.25, 0.3) is 5.56 Å². The molecule has 0 saturated heterocycles. The largest absolute Gasteiger partial charge is 0.307 e. The zero-order valence-electron chi connectivity index (χ0n) is 9.56.